The first-order chi connectivity index (χ1) is 18.0. The number of aromatic nitrogens is 3. The second-order valence-electron chi connectivity index (χ2n) is 8.96. The van der Waals surface area contributed by atoms with Crippen LogP contribution in [0.4, 0.5) is 34.6 Å². The molecule has 0 fully saturated rings. The molecular formula is C25H22ClF4N5O3. The van der Waals surface area contributed by atoms with Gasteiger partial charge in [-0.25, -0.2) is 4.39 Å². The van der Waals surface area contributed by atoms with Crippen molar-refractivity contribution in [3.63, 3.8) is 0 Å². The fourth-order valence-electron chi connectivity index (χ4n) is 4.60. The van der Waals surface area contributed by atoms with Crippen LogP contribution in [0.3, 0.4) is 0 Å². The third-order valence-electron chi connectivity index (χ3n) is 6.57. The molecule has 2 aliphatic heterocycles. The Balaban J connectivity index is 1.50. The van der Waals surface area contributed by atoms with E-state index in [4.69, 9.17) is 16.3 Å². The molecule has 2 aromatic heterocycles. The highest BCUT2D eigenvalue weighted by molar-refractivity contribution is 6.33. The van der Waals surface area contributed by atoms with E-state index in [9.17, 15) is 27.2 Å². The molecule has 0 saturated heterocycles. The topological polar surface area (TPSA) is 81.4 Å². The Kier molecular flexibility index (Phi) is 6.68. The van der Waals surface area contributed by atoms with E-state index in [2.05, 4.69) is 10.4 Å². The Morgan fingerprint density at radius 2 is 1.95 bits per heavy atom. The van der Waals surface area contributed by atoms with Gasteiger partial charge in [0.1, 0.15) is 10.8 Å². The van der Waals surface area contributed by atoms with Gasteiger partial charge >= 0.3 is 6.18 Å². The summed E-state index contributed by atoms with van der Waals surface area (Å²) >= 11 is 6.44. The van der Waals surface area contributed by atoms with Gasteiger partial charge in [-0.1, -0.05) is 11.6 Å². The number of nitrogens with zero attached hydrogens (tertiary/aromatic N) is 4. The molecule has 8 nitrogen and oxygen atoms in total. The number of hydrogen-bond acceptors (Lipinski definition) is 6. The fraction of sp³-hybridized carbons (Fsp3) is 0.320. The van der Waals surface area contributed by atoms with Crippen molar-refractivity contribution in [2.75, 3.05) is 23.4 Å². The summed E-state index contributed by atoms with van der Waals surface area (Å²) in [6.07, 6.45) is 0.318. The molecule has 5 rings (SSSR count). The van der Waals surface area contributed by atoms with Crippen molar-refractivity contribution in [1.82, 2.24) is 14.3 Å². The minimum Gasteiger partial charge on any atom is -0.478 e. The van der Waals surface area contributed by atoms with Crippen molar-refractivity contribution in [1.29, 1.82) is 0 Å². The molecule has 0 bridgehead atoms. The Bertz CT molecular complexity index is 1560. The summed E-state index contributed by atoms with van der Waals surface area (Å²) in [5.74, 6) is -0.709. The Morgan fingerprint density at radius 1 is 1.16 bits per heavy atom. The molecule has 13 heteroatoms. The smallest absolute Gasteiger partial charge is 0.418 e. The van der Waals surface area contributed by atoms with Gasteiger partial charge in [0.05, 0.1) is 36.3 Å². The number of alkyl halides is 3. The number of fused-ring (bicyclic) bond motifs is 1. The lowest BCUT2D eigenvalue weighted by molar-refractivity contribution is -0.137. The first kappa shape index (κ1) is 25.8. The van der Waals surface area contributed by atoms with Gasteiger partial charge in [0.15, 0.2) is 0 Å². The zero-order chi connectivity index (χ0) is 27.2. The third-order valence-corrected chi connectivity index (χ3v) is 6.93. The fourth-order valence-corrected chi connectivity index (χ4v) is 4.85. The maximum Gasteiger partial charge on any atom is 0.418 e. The molecule has 0 aliphatic carbocycles. The van der Waals surface area contributed by atoms with Crippen molar-refractivity contribution in [3.05, 3.63) is 84.9 Å². The van der Waals surface area contributed by atoms with Gasteiger partial charge in [-0.3, -0.25) is 9.59 Å². The summed E-state index contributed by atoms with van der Waals surface area (Å²) in [5.41, 5.74) is -0.848. The van der Waals surface area contributed by atoms with Gasteiger partial charge in [0, 0.05) is 31.0 Å². The monoisotopic (exact) mass is 551 g/mol. The van der Waals surface area contributed by atoms with Gasteiger partial charge in [-0.2, -0.15) is 23.0 Å². The van der Waals surface area contributed by atoms with Crippen LogP contribution in [0.15, 0.2) is 46.1 Å². The SMILES string of the molecule is Cn1c2c(c(Nc3ccc(F)cc3C(F)(F)F)cc1=O)CCN(c1cnn(C3=CCCCO3)c(=O)c1Cl)C2. The molecule has 0 amide bonds. The molecule has 200 valence electrons. The maximum absolute atomic E-state index is 13.6. The number of halogens is 5. The summed E-state index contributed by atoms with van der Waals surface area (Å²) < 4.78 is 62.2. The largest absolute Gasteiger partial charge is 0.478 e. The highest BCUT2D eigenvalue weighted by atomic mass is 35.5. The van der Waals surface area contributed by atoms with E-state index in [1.54, 1.807) is 18.0 Å². The number of nitrogens with one attached hydrogen (secondary N) is 1. The Hall–Kier alpha value is -3.80. The zero-order valence-corrected chi connectivity index (χ0v) is 20.9. The van der Waals surface area contributed by atoms with Crippen molar-refractivity contribution < 1.29 is 22.3 Å². The second kappa shape index (κ2) is 9.82. The molecule has 4 heterocycles. The van der Waals surface area contributed by atoms with E-state index in [-0.39, 0.29) is 22.9 Å². The number of allylic oxidation sites excluding steroid dienone is 1. The number of benzene rings is 1. The number of rotatable bonds is 4. The predicted octanol–water partition coefficient (Wildman–Crippen LogP) is 4.67. The van der Waals surface area contributed by atoms with Gasteiger partial charge in [0.2, 0.25) is 5.88 Å². The van der Waals surface area contributed by atoms with Crippen molar-refractivity contribution >= 4 is 34.5 Å². The van der Waals surface area contributed by atoms with E-state index in [0.29, 0.717) is 48.5 Å². The predicted molar refractivity (Wildman–Crippen MR) is 134 cm³/mol. The second-order valence-corrected chi connectivity index (χ2v) is 9.34. The first-order valence-corrected chi connectivity index (χ1v) is 12.1. The normalized spacial score (nSPS) is 15.5. The lowest BCUT2D eigenvalue weighted by atomic mass is 10.0. The summed E-state index contributed by atoms with van der Waals surface area (Å²) in [6, 6.07) is 3.52. The van der Waals surface area contributed by atoms with Crippen LogP contribution < -0.4 is 21.3 Å². The van der Waals surface area contributed by atoms with Gasteiger partial charge < -0.3 is 19.5 Å². The molecule has 0 unspecified atom stereocenters. The minimum absolute atomic E-state index is 0.0704. The molecule has 0 spiro atoms. The van der Waals surface area contributed by atoms with Crippen LogP contribution in [0.1, 0.15) is 29.7 Å². The van der Waals surface area contributed by atoms with E-state index in [0.717, 1.165) is 29.7 Å². The lowest BCUT2D eigenvalue weighted by Gasteiger charge is -2.33. The van der Waals surface area contributed by atoms with Crippen LogP contribution in [0.2, 0.25) is 5.02 Å². The molecule has 1 N–H and O–H groups in total. The van der Waals surface area contributed by atoms with Crippen LogP contribution in [-0.2, 0) is 30.9 Å². The van der Waals surface area contributed by atoms with E-state index in [1.807, 2.05) is 0 Å². The highest BCUT2D eigenvalue weighted by Crippen LogP contribution is 2.38. The van der Waals surface area contributed by atoms with Crippen molar-refractivity contribution in [2.45, 2.75) is 32.0 Å². The number of pyridine rings is 1. The van der Waals surface area contributed by atoms with Crippen LogP contribution in [-0.4, -0.2) is 27.5 Å². The van der Waals surface area contributed by atoms with Crippen molar-refractivity contribution in [3.8, 4) is 0 Å². The van der Waals surface area contributed by atoms with Crippen LogP contribution >= 0.6 is 11.6 Å². The lowest BCUT2D eigenvalue weighted by Crippen LogP contribution is -2.37. The number of hydrogen-bond donors (Lipinski definition) is 1. The highest BCUT2D eigenvalue weighted by Gasteiger charge is 2.34. The summed E-state index contributed by atoms with van der Waals surface area (Å²) in [7, 11) is 1.55. The van der Waals surface area contributed by atoms with Crippen LogP contribution in [0.5, 0.6) is 0 Å². The third kappa shape index (κ3) is 4.75. The zero-order valence-electron chi connectivity index (χ0n) is 20.1. The van der Waals surface area contributed by atoms with Gasteiger partial charge in [-0.15, -0.1) is 0 Å². The average molecular weight is 552 g/mol. The molecule has 0 radical (unpaired) electrons. The molecule has 1 aromatic carbocycles. The maximum atomic E-state index is 13.6. The minimum atomic E-state index is -4.80. The molecular weight excluding hydrogens is 530 g/mol. The summed E-state index contributed by atoms with van der Waals surface area (Å²) in [5, 5.41) is 6.83. The first-order valence-electron chi connectivity index (χ1n) is 11.8. The Labute approximate surface area is 218 Å². The molecule has 0 saturated carbocycles. The number of ether oxygens (including phenoxy) is 1. The molecule has 0 atom stereocenters. The quantitative estimate of drug-likeness (QED) is 0.475. The van der Waals surface area contributed by atoms with Crippen LogP contribution in [0, 0.1) is 5.82 Å². The van der Waals surface area contributed by atoms with E-state index >= 15 is 0 Å². The van der Waals surface area contributed by atoms with Gasteiger partial charge in [-0.05, 0) is 49.1 Å². The molecule has 38 heavy (non-hydrogen) atoms. The van der Waals surface area contributed by atoms with Crippen molar-refractivity contribution in [2.24, 2.45) is 7.05 Å². The van der Waals surface area contributed by atoms with E-state index in [1.165, 1.54) is 16.8 Å². The standard InChI is InChI=1S/C25H22ClF4N5O3/c1-33-20-13-34(19-12-31-35(24(37)23(19)26)22-4-2-3-9-38-22)8-7-15(20)18(11-21(33)36)32-17-6-5-14(27)10-16(17)25(28,29)30/h4-6,10-12,32H,2-3,7-9,13H2,1H3. The summed E-state index contributed by atoms with van der Waals surface area (Å²) in [6.45, 7) is 0.963. The van der Waals surface area contributed by atoms with E-state index < -0.39 is 28.7 Å². The molecule has 2 aliphatic rings. The van der Waals surface area contributed by atoms with Gasteiger partial charge in [0.25, 0.3) is 11.1 Å². The number of anilines is 3. The molecule has 3 aromatic rings. The Morgan fingerprint density at radius 3 is 2.66 bits per heavy atom. The average Bonchev–Trinajstić information content (AvgIpc) is 2.89. The summed E-state index contributed by atoms with van der Waals surface area (Å²) in [4.78, 5) is 27.4. The van der Waals surface area contributed by atoms with Crippen LogP contribution in [0.25, 0.3) is 5.88 Å².